The summed E-state index contributed by atoms with van der Waals surface area (Å²) in [7, 11) is 0. The molecule has 1 spiro atoms. The Morgan fingerprint density at radius 1 is 1.29 bits per heavy atom. The molecule has 1 amide bonds. The van der Waals surface area contributed by atoms with E-state index in [4.69, 9.17) is 0 Å². The van der Waals surface area contributed by atoms with Crippen molar-refractivity contribution in [3.8, 4) is 0 Å². The van der Waals surface area contributed by atoms with Crippen molar-refractivity contribution in [3.05, 3.63) is 22.4 Å². The van der Waals surface area contributed by atoms with Crippen LogP contribution in [0.2, 0.25) is 0 Å². The van der Waals surface area contributed by atoms with E-state index in [9.17, 15) is 4.79 Å². The van der Waals surface area contributed by atoms with E-state index in [1.165, 1.54) is 12.0 Å². The Bertz CT molecular complexity index is 537. The molecule has 3 fully saturated rings. The van der Waals surface area contributed by atoms with Gasteiger partial charge in [-0.15, -0.1) is 0 Å². The lowest BCUT2D eigenvalue weighted by atomic mass is 9.78. The van der Waals surface area contributed by atoms with Crippen LogP contribution < -0.4 is 5.32 Å². The van der Waals surface area contributed by atoms with E-state index in [0.29, 0.717) is 11.9 Å². The highest BCUT2D eigenvalue weighted by atomic mass is 32.1. The molecule has 4 rings (SSSR count). The molecule has 0 aromatic carbocycles. The zero-order valence-electron chi connectivity index (χ0n) is 12.8. The average molecular weight is 304 g/mol. The van der Waals surface area contributed by atoms with Crippen LogP contribution in [-0.4, -0.2) is 22.4 Å². The Hall–Kier alpha value is -0.870. The topological polar surface area (TPSA) is 32.3 Å². The Labute approximate surface area is 130 Å². The molecule has 2 saturated carbocycles. The van der Waals surface area contributed by atoms with Crippen molar-refractivity contribution in [2.75, 3.05) is 0 Å². The molecule has 21 heavy (non-hydrogen) atoms. The molecule has 2 aliphatic carbocycles. The maximum Gasteiger partial charge on any atom is 0.244 e. The van der Waals surface area contributed by atoms with Gasteiger partial charge >= 0.3 is 0 Å². The summed E-state index contributed by atoms with van der Waals surface area (Å²) in [4.78, 5) is 15.2. The van der Waals surface area contributed by atoms with Gasteiger partial charge in [0.15, 0.2) is 0 Å². The highest BCUT2D eigenvalue weighted by Gasteiger charge is 2.60. The Morgan fingerprint density at radius 2 is 2.10 bits per heavy atom. The fourth-order valence-electron chi connectivity index (χ4n) is 4.06. The number of hydrogen-bond acceptors (Lipinski definition) is 3. The lowest BCUT2D eigenvalue weighted by molar-refractivity contribution is -0.134. The van der Waals surface area contributed by atoms with Crippen LogP contribution in [0, 0.1) is 11.8 Å². The van der Waals surface area contributed by atoms with Crippen molar-refractivity contribution in [1.82, 2.24) is 10.2 Å². The second kappa shape index (κ2) is 4.82. The van der Waals surface area contributed by atoms with E-state index in [0.717, 1.165) is 37.5 Å². The molecule has 1 saturated heterocycles. The summed E-state index contributed by atoms with van der Waals surface area (Å²) in [6.45, 7) is 4.70. The molecule has 3 nitrogen and oxygen atoms in total. The normalized spacial score (nSPS) is 38.2. The second-order valence-electron chi connectivity index (χ2n) is 7.32. The standard InChI is InChI=1S/C17H24N2OS/c1-11-3-4-14(9-12(11)2)19-15(13-5-8-21-10-13)18-17(6-7-17)16(19)20/h5,8,10-12,14-15,18H,3-4,6-7,9H2,1-2H3. The smallest absolute Gasteiger partial charge is 0.244 e. The number of nitrogens with one attached hydrogen (secondary N) is 1. The molecule has 0 radical (unpaired) electrons. The highest BCUT2D eigenvalue weighted by Crippen LogP contribution is 2.48. The van der Waals surface area contributed by atoms with E-state index < -0.39 is 0 Å². The highest BCUT2D eigenvalue weighted by molar-refractivity contribution is 7.08. The summed E-state index contributed by atoms with van der Waals surface area (Å²) < 4.78 is 0. The van der Waals surface area contributed by atoms with Crippen molar-refractivity contribution in [3.63, 3.8) is 0 Å². The first kappa shape index (κ1) is 13.8. The molecule has 1 aromatic rings. The SMILES string of the molecule is CC1CCC(N2C(=O)C3(CC3)NC2c2ccsc2)CC1C. The van der Waals surface area contributed by atoms with Crippen LogP contribution in [0.15, 0.2) is 16.8 Å². The first-order chi connectivity index (χ1) is 10.1. The minimum Gasteiger partial charge on any atom is -0.318 e. The van der Waals surface area contributed by atoms with Crippen molar-refractivity contribution in [2.45, 2.75) is 63.7 Å². The third kappa shape index (κ3) is 2.15. The van der Waals surface area contributed by atoms with Crippen LogP contribution >= 0.6 is 11.3 Å². The van der Waals surface area contributed by atoms with Crippen molar-refractivity contribution in [2.24, 2.45) is 11.8 Å². The lowest BCUT2D eigenvalue weighted by Crippen LogP contribution is -2.44. The van der Waals surface area contributed by atoms with Gasteiger partial charge in [-0.25, -0.2) is 0 Å². The van der Waals surface area contributed by atoms with Gasteiger partial charge in [-0.2, -0.15) is 11.3 Å². The van der Waals surface area contributed by atoms with Crippen molar-refractivity contribution < 1.29 is 4.79 Å². The summed E-state index contributed by atoms with van der Waals surface area (Å²) >= 11 is 1.72. The number of rotatable bonds is 2. The predicted octanol–water partition coefficient (Wildman–Crippen LogP) is 3.54. The van der Waals surface area contributed by atoms with Gasteiger partial charge in [0, 0.05) is 6.04 Å². The van der Waals surface area contributed by atoms with Gasteiger partial charge in [-0.3, -0.25) is 10.1 Å². The van der Waals surface area contributed by atoms with Crippen LogP contribution in [0.1, 0.15) is 57.7 Å². The van der Waals surface area contributed by atoms with Crippen LogP contribution in [0.4, 0.5) is 0 Å². The second-order valence-corrected chi connectivity index (χ2v) is 8.10. The number of hydrogen-bond donors (Lipinski definition) is 1. The van der Waals surface area contributed by atoms with Crippen LogP contribution in [0.3, 0.4) is 0 Å². The number of amides is 1. The molecule has 4 atom stereocenters. The third-order valence-electron chi connectivity index (χ3n) is 5.91. The molecule has 0 bridgehead atoms. The summed E-state index contributed by atoms with van der Waals surface area (Å²) in [5, 5.41) is 7.95. The van der Waals surface area contributed by atoms with Crippen LogP contribution in [-0.2, 0) is 4.79 Å². The first-order valence-electron chi connectivity index (χ1n) is 8.23. The molecular formula is C17H24N2OS. The van der Waals surface area contributed by atoms with E-state index in [-0.39, 0.29) is 11.7 Å². The van der Waals surface area contributed by atoms with Crippen molar-refractivity contribution in [1.29, 1.82) is 0 Å². The Balaban J connectivity index is 1.62. The van der Waals surface area contributed by atoms with Gasteiger partial charge < -0.3 is 4.90 Å². The monoisotopic (exact) mass is 304 g/mol. The number of nitrogens with zero attached hydrogens (tertiary/aromatic N) is 1. The van der Waals surface area contributed by atoms with E-state index in [1.807, 2.05) is 0 Å². The molecule has 1 aliphatic heterocycles. The molecular weight excluding hydrogens is 280 g/mol. The fourth-order valence-corrected chi connectivity index (χ4v) is 4.74. The van der Waals surface area contributed by atoms with Crippen molar-refractivity contribution >= 4 is 17.2 Å². The van der Waals surface area contributed by atoms with Crippen LogP contribution in [0.5, 0.6) is 0 Å². The van der Waals surface area contributed by atoms with Gasteiger partial charge in [-0.1, -0.05) is 13.8 Å². The quantitative estimate of drug-likeness (QED) is 0.906. The molecule has 3 aliphatic rings. The van der Waals surface area contributed by atoms with Gasteiger partial charge in [0.1, 0.15) is 11.7 Å². The predicted molar refractivity (Wildman–Crippen MR) is 85.0 cm³/mol. The minimum atomic E-state index is -0.209. The summed E-state index contributed by atoms with van der Waals surface area (Å²) in [6, 6.07) is 2.58. The van der Waals surface area contributed by atoms with E-state index in [1.54, 1.807) is 11.3 Å². The fraction of sp³-hybridized carbons (Fsp3) is 0.706. The van der Waals surface area contributed by atoms with Gasteiger partial charge in [0.2, 0.25) is 5.91 Å². The molecule has 4 heteroatoms. The molecule has 1 N–H and O–H groups in total. The summed E-state index contributed by atoms with van der Waals surface area (Å²) in [6.07, 6.45) is 5.71. The Kier molecular flexibility index (Phi) is 3.16. The van der Waals surface area contributed by atoms with Gasteiger partial charge in [0.25, 0.3) is 0 Å². The van der Waals surface area contributed by atoms with Gasteiger partial charge in [0.05, 0.1) is 0 Å². The first-order valence-corrected chi connectivity index (χ1v) is 9.17. The number of thiophene rings is 1. The Morgan fingerprint density at radius 3 is 2.71 bits per heavy atom. The number of carbonyl (C=O) groups is 1. The molecule has 4 unspecified atom stereocenters. The maximum atomic E-state index is 12.9. The lowest BCUT2D eigenvalue weighted by Gasteiger charge is -2.39. The van der Waals surface area contributed by atoms with Crippen LogP contribution in [0.25, 0.3) is 0 Å². The third-order valence-corrected chi connectivity index (χ3v) is 6.61. The zero-order valence-corrected chi connectivity index (χ0v) is 13.7. The largest absolute Gasteiger partial charge is 0.318 e. The number of carbonyl (C=O) groups excluding carboxylic acids is 1. The average Bonchev–Trinajstić information content (AvgIpc) is 2.94. The van der Waals surface area contributed by atoms with E-state index >= 15 is 0 Å². The molecule has 2 heterocycles. The minimum absolute atomic E-state index is 0.108. The molecule has 1 aromatic heterocycles. The maximum absolute atomic E-state index is 12.9. The van der Waals surface area contributed by atoms with E-state index in [2.05, 4.69) is 40.9 Å². The molecule has 114 valence electrons. The summed E-state index contributed by atoms with van der Waals surface area (Å²) in [5.41, 5.74) is 1.06. The van der Waals surface area contributed by atoms with Gasteiger partial charge in [-0.05, 0) is 66.3 Å². The zero-order chi connectivity index (χ0) is 14.6. The summed E-state index contributed by atoms with van der Waals surface area (Å²) in [5.74, 6) is 1.88.